The molecule has 1 N–H and O–H groups in total. The maximum Gasteiger partial charge on any atom is 0.182 e. The SMILES string of the molecule is C[C@@H](c1ncnc(Cl)c1F)[C@](O)(Cn1cncn1)c1ccc(F)cc1F.Cl. The molecule has 0 aliphatic heterocycles. The van der Waals surface area contributed by atoms with Crippen molar-refractivity contribution in [1.29, 1.82) is 0 Å². The van der Waals surface area contributed by atoms with Crippen LogP contribution in [0.25, 0.3) is 0 Å². The van der Waals surface area contributed by atoms with Gasteiger partial charge in [-0.25, -0.2) is 32.8 Å². The third-order valence-corrected chi connectivity index (χ3v) is 4.43. The summed E-state index contributed by atoms with van der Waals surface area (Å²) in [7, 11) is 0. The first-order chi connectivity index (χ1) is 12.3. The highest BCUT2D eigenvalue weighted by Crippen LogP contribution is 2.40. The highest BCUT2D eigenvalue weighted by molar-refractivity contribution is 6.29. The number of aromatic nitrogens is 5. The minimum atomic E-state index is -2.02. The van der Waals surface area contributed by atoms with Crippen LogP contribution < -0.4 is 0 Å². The van der Waals surface area contributed by atoms with Crippen LogP contribution in [0.15, 0.2) is 37.2 Å². The van der Waals surface area contributed by atoms with E-state index < -0.39 is 34.1 Å². The smallest absolute Gasteiger partial charge is 0.182 e. The summed E-state index contributed by atoms with van der Waals surface area (Å²) in [5.74, 6) is -3.80. The molecule has 0 radical (unpaired) electrons. The summed E-state index contributed by atoms with van der Waals surface area (Å²) in [6.07, 6.45) is 3.57. The fourth-order valence-corrected chi connectivity index (χ4v) is 2.89. The maximum atomic E-state index is 14.4. The Morgan fingerprint density at radius 2 is 1.96 bits per heavy atom. The van der Waals surface area contributed by atoms with Crippen LogP contribution >= 0.6 is 24.0 Å². The van der Waals surface area contributed by atoms with E-state index in [0.29, 0.717) is 6.07 Å². The van der Waals surface area contributed by atoms with Gasteiger partial charge in [-0.05, 0) is 6.07 Å². The topological polar surface area (TPSA) is 76.7 Å². The summed E-state index contributed by atoms with van der Waals surface area (Å²) >= 11 is 5.69. The van der Waals surface area contributed by atoms with Crippen molar-refractivity contribution in [3.05, 3.63) is 71.0 Å². The van der Waals surface area contributed by atoms with Crippen LogP contribution in [0.4, 0.5) is 13.2 Å². The monoisotopic (exact) mass is 419 g/mol. The van der Waals surface area contributed by atoms with Gasteiger partial charge in [0.05, 0.1) is 12.2 Å². The largest absolute Gasteiger partial charge is 0.382 e. The van der Waals surface area contributed by atoms with Gasteiger partial charge in [-0.1, -0.05) is 24.6 Å². The first kappa shape index (κ1) is 21.1. The summed E-state index contributed by atoms with van der Waals surface area (Å²) in [6.45, 7) is 1.17. The molecule has 0 fully saturated rings. The molecule has 0 saturated carbocycles. The first-order valence-electron chi connectivity index (χ1n) is 7.49. The Hall–Kier alpha value is -2.23. The molecule has 3 aromatic rings. The normalized spacial score (nSPS) is 14.3. The third-order valence-electron chi connectivity index (χ3n) is 4.17. The fourth-order valence-electron chi connectivity index (χ4n) is 2.75. The van der Waals surface area contributed by atoms with Crippen molar-refractivity contribution in [2.24, 2.45) is 0 Å². The second kappa shape index (κ2) is 8.20. The van der Waals surface area contributed by atoms with Crippen LogP contribution in [-0.4, -0.2) is 29.8 Å². The van der Waals surface area contributed by atoms with Gasteiger partial charge in [0, 0.05) is 17.5 Å². The molecular weight excluding hydrogens is 406 g/mol. The molecule has 0 bridgehead atoms. The molecule has 0 saturated heterocycles. The molecular formula is C16H14Cl2F3N5O. The summed E-state index contributed by atoms with van der Waals surface area (Å²) in [5.41, 5.74) is -2.48. The zero-order valence-corrected chi connectivity index (χ0v) is 15.4. The number of nitrogens with zero attached hydrogens (tertiary/aromatic N) is 5. The van der Waals surface area contributed by atoms with Crippen LogP contribution in [0, 0.1) is 17.5 Å². The summed E-state index contributed by atoms with van der Waals surface area (Å²) < 4.78 is 43.4. The molecule has 2 aromatic heterocycles. The van der Waals surface area contributed by atoms with Crippen molar-refractivity contribution in [2.75, 3.05) is 0 Å². The molecule has 3 rings (SSSR count). The van der Waals surface area contributed by atoms with E-state index >= 15 is 0 Å². The standard InChI is InChI=1S/C16H13ClF3N5O.ClH/c1-9(14-13(20)15(17)23-7-22-14)16(26,5-25-8-21-6-24-25)11-3-2-10(18)4-12(11)19;/h2-4,6-9,26H,5H2,1H3;1H/t9-,16+;/m0./s1. The van der Waals surface area contributed by atoms with E-state index in [1.807, 2.05) is 0 Å². The lowest BCUT2D eigenvalue weighted by Gasteiger charge is -2.34. The molecule has 144 valence electrons. The van der Waals surface area contributed by atoms with Crippen molar-refractivity contribution in [3.8, 4) is 0 Å². The van der Waals surface area contributed by atoms with Gasteiger partial charge >= 0.3 is 0 Å². The zero-order valence-electron chi connectivity index (χ0n) is 13.9. The number of aliphatic hydroxyl groups is 1. The minimum absolute atomic E-state index is 0. The molecule has 6 nitrogen and oxygen atoms in total. The van der Waals surface area contributed by atoms with Gasteiger partial charge in [0.2, 0.25) is 0 Å². The van der Waals surface area contributed by atoms with Gasteiger partial charge in [-0.15, -0.1) is 12.4 Å². The summed E-state index contributed by atoms with van der Waals surface area (Å²) in [6, 6.07) is 2.73. The lowest BCUT2D eigenvalue weighted by Crippen LogP contribution is -2.39. The first-order valence-corrected chi connectivity index (χ1v) is 7.87. The van der Waals surface area contributed by atoms with Gasteiger partial charge in [-0.3, -0.25) is 0 Å². The van der Waals surface area contributed by atoms with Crippen LogP contribution in [0.2, 0.25) is 5.15 Å². The highest BCUT2D eigenvalue weighted by Gasteiger charge is 2.42. The molecule has 1 aromatic carbocycles. The average molecular weight is 420 g/mol. The molecule has 0 unspecified atom stereocenters. The van der Waals surface area contributed by atoms with E-state index in [1.54, 1.807) is 0 Å². The predicted molar refractivity (Wildman–Crippen MR) is 92.9 cm³/mol. The second-order valence-corrected chi connectivity index (χ2v) is 6.08. The van der Waals surface area contributed by atoms with E-state index in [1.165, 1.54) is 24.3 Å². The third kappa shape index (κ3) is 4.05. The molecule has 0 aliphatic rings. The Morgan fingerprint density at radius 1 is 1.22 bits per heavy atom. The molecule has 2 heterocycles. The Kier molecular flexibility index (Phi) is 6.40. The average Bonchev–Trinajstić information content (AvgIpc) is 3.09. The van der Waals surface area contributed by atoms with E-state index in [9.17, 15) is 18.3 Å². The van der Waals surface area contributed by atoms with E-state index in [-0.39, 0.29) is 30.2 Å². The predicted octanol–water partition coefficient (Wildman–Crippen LogP) is 3.25. The highest BCUT2D eigenvalue weighted by atomic mass is 35.5. The Morgan fingerprint density at radius 3 is 2.59 bits per heavy atom. The Balaban J connectivity index is 0.00000261. The van der Waals surface area contributed by atoms with Crippen LogP contribution in [-0.2, 0) is 12.1 Å². The molecule has 11 heteroatoms. The van der Waals surface area contributed by atoms with Crippen molar-refractivity contribution < 1.29 is 18.3 Å². The quantitative estimate of drug-likeness (QED) is 0.642. The van der Waals surface area contributed by atoms with Gasteiger partial charge < -0.3 is 5.11 Å². The molecule has 2 atom stereocenters. The molecule has 0 aliphatic carbocycles. The van der Waals surface area contributed by atoms with Crippen molar-refractivity contribution in [1.82, 2.24) is 24.7 Å². The number of rotatable bonds is 5. The zero-order chi connectivity index (χ0) is 18.9. The Bertz CT molecular complexity index is 928. The van der Waals surface area contributed by atoms with Gasteiger partial charge in [0.25, 0.3) is 0 Å². The number of hydrogen-bond acceptors (Lipinski definition) is 5. The number of hydrogen-bond donors (Lipinski definition) is 1. The lowest BCUT2D eigenvalue weighted by atomic mass is 9.79. The summed E-state index contributed by atoms with van der Waals surface area (Å²) in [4.78, 5) is 11.1. The summed E-state index contributed by atoms with van der Waals surface area (Å²) in [5, 5.41) is 14.8. The van der Waals surface area contributed by atoms with Gasteiger partial charge in [-0.2, -0.15) is 5.10 Å². The molecule has 27 heavy (non-hydrogen) atoms. The van der Waals surface area contributed by atoms with Gasteiger partial charge in [0.1, 0.15) is 36.2 Å². The number of benzene rings is 1. The second-order valence-electron chi connectivity index (χ2n) is 5.73. The number of halogens is 5. The maximum absolute atomic E-state index is 14.4. The fraction of sp³-hybridized carbons (Fsp3) is 0.250. The lowest BCUT2D eigenvalue weighted by molar-refractivity contribution is -0.0133. The molecule has 0 amide bonds. The van der Waals surface area contributed by atoms with Crippen LogP contribution in [0.3, 0.4) is 0 Å². The molecule has 0 spiro atoms. The van der Waals surface area contributed by atoms with Crippen molar-refractivity contribution in [2.45, 2.75) is 25.0 Å². The van der Waals surface area contributed by atoms with E-state index in [4.69, 9.17) is 11.6 Å². The minimum Gasteiger partial charge on any atom is -0.382 e. The van der Waals surface area contributed by atoms with E-state index in [2.05, 4.69) is 20.1 Å². The van der Waals surface area contributed by atoms with Gasteiger partial charge in [0.15, 0.2) is 11.0 Å². The van der Waals surface area contributed by atoms with Crippen molar-refractivity contribution in [3.63, 3.8) is 0 Å². The Labute approximate surface area is 163 Å². The van der Waals surface area contributed by atoms with Crippen molar-refractivity contribution >= 4 is 24.0 Å². The van der Waals surface area contributed by atoms with Crippen LogP contribution in [0.5, 0.6) is 0 Å². The van der Waals surface area contributed by atoms with E-state index in [0.717, 1.165) is 18.5 Å². The van der Waals surface area contributed by atoms with Crippen LogP contribution in [0.1, 0.15) is 24.1 Å².